The Bertz CT molecular complexity index is 683. The molecule has 5 nitrogen and oxygen atoms in total. The van der Waals surface area contributed by atoms with E-state index in [0.717, 1.165) is 38.6 Å². The van der Waals surface area contributed by atoms with E-state index in [0.29, 0.717) is 28.8 Å². The summed E-state index contributed by atoms with van der Waals surface area (Å²) in [5, 5.41) is 4.33. The van der Waals surface area contributed by atoms with Gasteiger partial charge in [-0.2, -0.15) is 0 Å². The average molecular weight is 412 g/mol. The van der Waals surface area contributed by atoms with Crippen molar-refractivity contribution in [1.29, 1.82) is 0 Å². The number of ether oxygens (including phenoxy) is 1. The number of carbonyl (C=O) groups is 1. The average Bonchev–Trinajstić information content (AvgIpc) is 2.94. The molecule has 4 rings (SSSR count). The fraction of sp³-hybridized carbons (Fsp3) is 0.650. The van der Waals surface area contributed by atoms with Crippen LogP contribution in [0.15, 0.2) is 18.2 Å². The quantitative estimate of drug-likeness (QED) is 0.825. The maximum Gasteiger partial charge on any atom is 0.239 e. The number of nitrogens with one attached hydrogen (secondary N) is 1. The van der Waals surface area contributed by atoms with Crippen LogP contribution in [0.1, 0.15) is 32.1 Å². The first-order valence-electron chi connectivity index (χ1n) is 9.98. The SMILES string of the molecule is O=C([C@@H]1C[C@@H](Oc2ccc(Cl)c(Cl)c2)CN1)N1CCCN(C2CCC2)CC1. The smallest absolute Gasteiger partial charge is 0.239 e. The van der Waals surface area contributed by atoms with Gasteiger partial charge in [0.2, 0.25) is 5.91 Å². The molecule has 0 radical (unpaired) electrons. The number of carbonyl (C=O) groups excluding carboxylic acids is 1. The van der Waals surface area contributed by atoms with Crippen LogP contribution in [0.4, 0.5) is 0 Å². The third kappa shape index (κ3) is 4.53. The lowest BCUT2D eigenvalue weighted by Gasteiger charge is -2.36. The van der Waals surface area contributed by atoms with E-state index in [-0.39, 0.29) is 18.1 Å². The molecule has 0 spiro atoms. The van der Waals surface area contributed by atoms with Gasteiger partial charge >= 0.3 is 0 Å². The predicted molar refractivity (Wildman–Crippen MR) is 108 cm³/mol. The lowest BCUT2D eigenvalue weighted by atomic mass is 9.91. The molecule has 2 heterocycles. The monoisotopic (exact) mass is 411 g/mol. The summed E-state index contributed by atoms with van der Waals surface area (Å²) in [5.74, 6) is 0.904. The molecule has 1 aliphatic carbocycles. The number of halogens is 2. The standard InChI is InChI=1S/C20H27Cl2N3O2/c21-17-6-5-15(11-18(17)22)27-16-12-19(23-13-16)20(26)25-8-2-7-24(9-10-25)14-3-1-4-14/h5-6,11,14,16,19,23H,1-4,7-10,12-13H2/t16-,19+/m1/s1. The van der Waals surface area contributed by atoms with E-state index < -0.39 is 0 Å². The van der Waals surface area contributed by atoms with Crippen molar-refractivity contribution in [2.24, 2.45) is 0 Å². The van der Waals surface area contributed by atoms with Crippen LogP contribution in [0.5, 0.6) is 5.75 Å². The first-order valence-corrected chi connectivity index (χ1v) is 10.7. The Kier molecular flexibility index (Phi) is 6.12. The summed E-state index contributed by atoms with van der Waals surface area (Å²) in [6.45, 7) is 4.49. The number of amides is 1. The molecule has 2 aliphatic heterocycles. The molecule has 2 saturated heterocycles. The lowest BCUT2D eigenvalue weighted by Crippen LogP contribution is -2.46. The highest BCUT2D eigenvalue weighted by molar-refractivity contribution is 6.42. The van der Waals surface area contributed by atoms with Gasteiger partial charge in [0.1, 0.15) is 11.9 Å². The van der Waals surface area contributed by atoms with E-state index in [1.54, 1.807) is 12.1 Å². The van der Waals surface area contributed by atoms with Gasteiger partial charge in [0.05, 0.1) is 16.1 Å². The largest absolute Gasteiger partial charge is 0.489 e. The number of hydrogen-bond donors (Lipinski definition) is 1. The topological polar surface area (TPSA) is 44.8 Å². The fourth-order valence-electron chi connectivity index (χ4n) is 4.22. The maximum absolute atomic E-state index is 13.0. The molecule has 27 heavy (non-hydrogen) atoms. The second-order valence-electron chi connectivity index (χ2n) is 7.81. The van der Waals surface area contributed by atoms with Crippen LogP contribution in [-0.4, -0.2) is 66.6 Å². The van der Waals surface area contributed by atoms with Gasteiger partial charge in [0, 0.05) is 51.3 Å². The first kappa shape index (κ1) is 19.3. The van der Waals surface area contributed by atoms with E-state index in [1.807, 2.05) is 11.0 Å². The van der Waals surface area contributed by atoms with Gasteiger partial charge in [-0.25, -0.2) is 0 Å². The Morgan fingerprint density at radius 1 is 1.07 bits per heavy atom. The predicted octanol–water partition coefficient (Wildman–Crippen LogP) is 3.19. The van der Waals surface area contributed by atoms with E-state index in [9.17, 15) is 4.79 Å². The number of hydrogen-bond acceptors (Lipinski definition) is 4. The summed E-state index contributed by atoms with van der Waals surface area (Å²) in [6.07, 6.45) is 5.73. The van der Waals surface area contributed by atoms with Gasteiger partial charge in [-0.05, 0) is 31.4 Å². The van der Waals surface area contributed by atoms with Crippen LogP contribution in [0, 0.1) is 0 Å². The molecule has 1 aromatic rings. The second-order valence-corrected chi connectivity index (χ2v) is 8.63. The van der Waals surface area contributed by atoms with Crippen LogP contribution in [0.25, 0.3) is 0 Å². The Labute approximate surface area is 170 Å². The minimum Gasteiger partial charge on any atom is -0.489 e. The molecule has 0 unspecified atom stereocenters. The highest BCUT2D eigenvalue weighted by atomic mass is 35.5. The molecule has 3 aliphatic rings. The summed E-state index contributed by atoms with van der Waals surface area (Å²) in [6, 6.07) is 5.87. The van der Waals surface area contributed by atoms with Crippen LogP contribution in [0.3, 0.4) is 0 Å². The molecule has 1 N–H and O–H groups in total. The zero-order valence-electron chi connectivity index (χ0n) is 15.5. The Morgan fingerprint density at radius 3 is 2.67 bits per heavy atom. The molecule has 1 amide bonds. The van der Waals surface area contributed by atoms with Gasteiger partial charge in [-0.15, -0.1) is 0 Å². The lowest BCUT2D eigenvalue weighted by molar-refractivity contribution is -0.133. The molecule has 1 saturated carbocycles. The van der Waals surface area contributed by atoms with Gasteiger partial charge in [0.25, 0.3) is 0 Å². The van der Waals surface area contributed by atoms with E-state index in [2.05, 4.69) is 10.2 Å². The molecule has 148 valence electrons. The molecule has 0 aromatic heterocycles. The number of nitrogens with zero attached hydrogens (tertiary/aromatic N) is 2. The summed E-state index contributed by atoms with van der Waals surface area (Å²) in [7, 11) is 0. The third-order valence-electron chi connectivity index (χ3n) is 6.02. The molecule has 3 fully saturated rings. The summed E-state index contributed by atoms with van der Waals surface area (Å²) < 4.78 is 5.99. The van der Waals surface area contributed by atoms with Gasteiger partial charge in [-0.3, -0.25) is 9.69 Å². The van der Waals surface area contributed by atoms with Gasteiger partial charge in [0.15, 0.2) is 0 Å². The third-order valence-corrected chi connectivity index (χ3v) is 6.75. The van der Waals surface area contributed by atoms with E-state index in [1.165, 1.54) is 19.3 Å². The summed E-state index contributed by atoms with van der Waals surface area (Å²) in [5.41, 5.74) is 0. The van der Waals surface area contributed by atoms with Crippen molar-refractivity contribution in [3.8, 4) is 5.75 Å². The van der Waals surface area contributed by atoms with Crippen molar-refractivity contribution in [3.05, 3.63) is 28.2 Å². The molecule has 7 heteroatoms. The Balaban J connectivity index is 1.28. The number of rotatable bonds is 4. The highest BCUT2D eigenvalue weighted by Gasteiger charge is 2.35. The van der Waals surface area contributed by atoms with Crippen LogP contribution < -0.4 is 10.1 Å². The van der Waals surface area contributed by atoms with Gasteiger partial charge in [-0.1, -0.05) is 29.6 Å². The zero-order chi connectivity index (χ0) is 18.8. The van der Waals surface area contributed by atoms with Crippen LogP contribution in [-0.2, 0) is 4.79 Å². The Morgan fingerprint density at radius 2 is 1.93 bits per heavy atom. The molecular formula is C20H27Cl2N3O2. The van der Waals surface area contributed by atoms with Crippen molar-refractivity contribution >= 4 is 29.1 Å². The van der Waals surface area contributed by atoms with Crippen molar-refractivity contribution in [2.45, 2.75) is 50.3 Å². The second kappa shape index (κ2) is 8.56. The van der Waals surface area contributed by atoms with E-state index in [4.69, 9.17) is 27.9 Å². The van der Waals surface area contributed by atoms with Crippen molar-refractivity contribution in [3.63, 3.8) is 0 Å². The summed E-state index contributed by atoms with van der Waals surface area (Å²) >= 11 is 12.0. The molecule has 1 aromatic carbocycles. The first-order chi connectivity index (χ1) is 13.1. The fourth-order valence-corrected chi connectivity index (χ4v) is 4.51. The summed E-state index contributed by atoms with van der Waals surface area (Å²) in [4.78, 5) is 17.6. The van der Waals surface area contributed by atoms with Crippen molar-refractivity contribution < 1.29 is 9.53 Å². The zero-order valence-corrected chi connectivity index (χ0v) is 17.0. The van der Waals surface area contributed by atoms with Crippen molar-refractivity contribution in [2.75, 3.05) is 32.7 Å². The van der Waals surface area contributed by atoms with E-state index >= 15 is 0 Å². The molecular weight excluding hydrogens is 385 g/mol. The van der Waals surface area contributed by atoms with Crippen LogP contribution in [0.2, 0.25) is 10.0 Å². The minimum absolute atomic E-state index is 0.0327. The maximum atomic E-state index is 13.0. The number of benzene rings is 1. The van der Waals surface area contributed by atoms with Crippen molar-refractivity contribution in [1.82, 2.24) is 15.1 Å². The molecule has 0 bridgehead atoms. The highest BCUT2D eigenvalue weighted by Crippen LogP contribution is 2.28. The molecule has 2 atom stereocenters. The van der Waals surface area contributed by atoms with Gasteiger partial charge < -0.3 is 15.0 Å². The normalized spacial score (nSPS) is 27.3. The Hall–Kier alpha value is -1.01. The minimum atomic E-state index is -0.159. The van der Waals surface area contributed by atoms with Crippen LogP contribution >= 0.6 is 23.2 Å².